The van der Waals surface area contributed by atoms with Crippen LogP contribution in [0.1, 0.15) is 37.0 Å². The molecule has 1 aromatic carbocycles. The van der Waals surface area contributed by atoms with Gasteiger partial charge in [0.05, 0.1) is 14.2 Å². The second-order valence-electron chi connectivity index (χ2n) is 4.04. The molecule has 0 radical (unpaired) electrons. The zero-order valence-electron chi connectivity index (χ0n) is 10.6. The largest absolute Gasteiger partial charge is 0.496 e. The second kappa shape index (κ2) is 5.68. The van der Waals surface area contributed by atoms with E-state index >= 15 is 0 Å². The number of carbonyl (C=O) groups is 1. The van der Waals surface area contributed by atoms with Gasteiger partial charge in [-0.1, -0.05) is 26.0 Å². The number of benzene rings is 1. The van der Waals surface area contributed by atoms with Crippen molar-refractivity contribution < 1.29 is 19.4 Å². The molecular formula is C13H18O4. The third kappa shape index (κ3) is 2.77. The fourth-order valence-electron chi connectivity index (χ4n) is 1.83. The highest BCUT2D eigenvalue weighted by Crippen LogP contribution is 2.33. The monoisotopic (exact) mass is 238 g/mol. The molecule has 0 aliphatic heterocycles. The molecule has 0 aromatic heterocycles. The van der Waals surface area contributed by atoms with Gasteiger partial charge in [0.2, 0.25) is 0 Å². The topological polar surface area (TPSA) is 55.8 Å². The smallest absolute Gasteiger partial charge is 0.339 e. The molecule has 0 aliphatic rings. The molecule has 0 bridgehead atoms. The van der Waals surface area contributed by atoms with Gasteiger partial charge in [-0.05, 0) is 17.5 Å². The highest BCUT2D eigenvalue weighted by atomic mass is 16.5. The van der Waals surface area contributed by atoms with Crippen LogP contribution in [0.5, 0.6) is 5.75 Å². The molecule has 1 rings (SSSR count). The number of esters is 1. The molecule has 0 saturated carbocycles. The molecule has 0 heterocycles. The standard InChI is InChI=1S/C13H18O4/c1-8(2)11-9(12(14)13(15)17-4)6-5-7-10(11)16-3/h5-8,12,14H,1-4H3. The van der Waals surface area contributed by atoms with E-state index in [-0.39, 0.29) is 5.92 Å². The number of methoxy groups -OCH3 is 2. The average Bonchev–Trinajstić information content (AvgIpc) is 2.35. The van der Waals surface area contributed by atoms with Crippen LogP contribution in [-0.2, 0) is 9.53 Å². The third-order valence-electron chi connectivity index (χ3n) is 2.62. The Hall–Kier alpha value is -1.55. The molecule has 0 aliphatic carbocycles. The van der Waals surface area contributed by atoms with E-state index in [1.807, 2.05) is 19.9 Å². The lowest BCUT2D eigenvalue weighted by Crippen LogP contribution is -2.16. The van der Waals surface area contributed by atoms with Crippen LogP contribution in [0.2, 0.25) is 0 Å². The first-order valence-corrected chi connectivity index (χ1v) is 5.45. The minimum Gasteiger partial charge on any atom is -0.496 e. The predicted octanol–water partition coefficient (Wildman–Crippen LogP) is 2.02. The zero-order chi connectivity index (χ0) is 13.0. The maximum Gasteiger partial charge on any atom is 0.339 e. The molecule has 1 aromatic rings. The Morgan fingerprint density at radius 3 is 2.41 bits per heavy atom. The van der Waals surface area contributed by atoms with Crippen LogP contribution >= 0.6 is 0 Å². The summed E-state index contributed by atoms with van der Waals surface area (Å²) in [6.45, 7) is 3.96. The summed E-state index contributed by atoms with van der Waals surface area (Å²) in [5.74, 6) is 0.140. The maximum absolute atomic E-state index is 11.4. The first-order chi connectivity index (χ1) is 8.02. The molecule has 94 valence electrons. The summed E-state index contributed by atoms with van der Waals surface area (Å²) in [5.41, 5.74) is 1.36. The number of carbonyl (C=O) groups excluding carboxylic acids is 1. The summed E-state index contributed by atoms with van der Waals surface area (Å²) in [6, 6.07) is 5.26. The summed E-state index contributed by atoms with van der Waals surface area (Å²) in [5, 5.41) is 9.91. The number of hydrogen-bond donors (Lipinski definition) is 1. The fourth-order valence-corrected chi connectivity index (χ4v) is 1.83. The summed E-state index contributed by atoms with van der Waals surface area (Å²) < 4.78 is 9.79. The van der Waals surface area contributed by atoms with Crippen LogP contribution in [0.15, 0.2) is 18.2 Å². The number of aliphatic hydroxyl groups excluding tert-OH is 1. The van der Waals surface area contributed by atoms with Gasteiger partial charge in [0, 0.05) is 5.56 Å². The van der Waals surface area contributed by atoms with Crippen LogP contribution in [0.3, 0.4) is 0 Å². The van der Waals surface area contributed by atoms with E-state index in [0.717, 1.165) is 5.56 Å². The molecule has 0 spiro atoms. The lowest BCUT2D eigenvalue weighted by Gasteiger charge is -2.19. The highest BCUT2D eigenvalue weighted by Gasteiger charge is 2.24. The van der Waals surface area contributed by atoms with Crippen LogP contribution in [0.25, 0.3) is 0 Å². The lowest BCUT2D eigenvalue weighted by molar-refractivity contribution is -0.150. The Bertz CT molecular complexity index is 398. The van der Waals surface area contributed by atoms with Crippen molar-refractivity contribution in [3.05, 3.63) is 29.3 Å². The molecule has 1 atom stereocenters. The van der Waals surface area contributed by atoms with E-state index in [9.17, 15) is 9.90 Å². The first kappa shape index (κ1) is 13.5. The number of ether oxygens (including phenoxy) is 2. The Balaban J connectivity index is 3.27. The van der Waals surface area contributed by atoms with Crippen LogP contribution in [0, 0.1) is 0 Å². The number of rotatable bonds is 4. The van der Waals surface area contributed by atoms with Gasteiger partial charge in [-0.15, -0.1) is 0 Å². The van der Waals surface area contributed by atoms with Gasteiger partial charge in [0.15, 0.2) is 6.10 Å². The molecule has 0 saturated heterocycles. The van der Waals surface area contributed by atoms with Crippen molar-refractivity contribution in [2.75, 3.05) is 14.2 Å². The van der Waals surface area contributed by atoms with E-state index in [1.165, 1.54) is 7.11 Å². The van der Waals surface area contributed by atoms with E-state index in [0.29, 0.717) is 11.3 Å². The van der Waals surface area contributed by atoms with E-state index in [1.54, 1.807) is 19.2 Å². The third-order valence-corrected chi connectivity index (χ3v) is 2.62. The molecule has 1 unspecified atom stereocenters. The molecular weight excluding hydrogens is 220 g/mol. The van der Waals surface area contributed by atoms with Gasteiger partial charge in [-0.25, -0.2) is 4.79 Å². The Morgan fingerprint density at radius 2 is 1.94 bits per heavy atom. The van der Waals surface area contributed by atoms with E-state index < -0.39 is 12.1 Å². The SMILES string of the molecule is COC(=O)C(O)c1cccc(OC)c1C(C)C. The van der Waals surface area contributed by atoms with Crippen molar-refractivity contribution in [2.24, 2.45) is 0 Å². The minimum absolute atomic E-state index is 0.139. The second-order valence-corrected chi connectivity index (χ2v) is 4.04. The Labute approximate surface area is 101 Å². The van der Waals surface area contributed by atoms with Crippen molar-refractivity contribution in [2.45, 2.75) is 25.9 Å². The number of aliphatic hydroxyl groups is 1. The van der Waals surface area contributed by atoms with Gasteiger partial charge in [0.25, 0.3) is 0 Å². The quantitative estimate of drug-likeness (QED) is 0.815. The van der Waals surface area contributed by atoms with Crippen LogP contribution in [0.4, 0.5) is 0 Å². The summed E-state index contributed by atoms with van der Waals surface area (Å²) >= 11 is 0. The van der Waals surface area contributed by atoms with E-state index in [2.05, 4.69) is 4.74 Å². The Kier molecular flexibility index (Phi) is 4.52. The fraction of sp³-hybridized carbons (Fsp3) is 0.462. The lowest BCUT2D eigenvalue weighted by atomic mass is 9.93. The van der Waals surface area contributed by atoms with Crippen molar-refractivity contribution in [3.8, 4) is 5.75 Å². The van der Waals surface area contributed by atoms with Crippen molar-refractivity contribution in [1.82, 2.24) is 0 Å². The molecule has 0 fully saturated rings. The number of hydrogen-bond acceptors (Lipinski definition) is 4. The summed E-state index contributed by atoms with van der Waals surface area (Å²) in [6.07, 6.45) is -1.27. The van der Waals surface area contributed by atoms with Gasteiger partial charge >= 0.3 is 5.97 Å². The molecule has 4 heteroatoms. The predicted molar refractivity (Wildman–Crippen MR) is 64.1 cm³/mol. The molecule has 1 N–H and O–H groups in total. The molecule has 17 heavy (non-hydrogen) atoms. The highest BCUT2D eigenvalue weighted by molar-refractivity contribution is 5.77. The van der Waals surface area contributed by atoms with Crippen LogP contribution in [-0.4, -0.2) is 25.3 Å². The van der Waals surface area contributed by atoms with E-state index in [4.69, 9.17) is 4.74 Å². The first-order valence-electron chi connectivity index (χ1n) is 5.45. The van der Waals surface area contributed by atoms with Gasteiger partial charge < -0.3 is 14.6 Å². The summed E-state index contributed by atoms with van der Waals surface area (Å²) in [4.78, 5) is 11.4. The minimum atomic E-state index is -1.27. The van der Waals surface area contributed by atoms with Crippen molar-refractivity contribution in [1.29, 1.82) is 0 Å². The van der Waals surface area contributed by atoms with Crippen LogP contribution < -0.4 is 4.74 Å². The van der Waals surface area contributed by atoms with Gasteiger partial charge in [0.1, 0.15) is 5.75 Å². The maximum atomic E-state index is 11.4. The van der Waals surface area contributed by atoms with Crippen molar-refractivity contribution >= 4 is 5.97 Å². The normalized spacial score (nSPS) is 12.4. The molecule has 0 amide bonds. The van der Waals surface area contributed by atoms with Crippen molar-refractivity contribution in [3.63, 3.8) is 0 Å². The Morgan fingerprint density at radius 1 is 1.29 bits per heavy atom. The van der Waals surface area contributed by atoms with Gasteiger partial charge in [-0.3, -0.25) is 0 Å². The molecule has 4 nitrogen and oxygen atoms in total. The average molecular weight is 238 g/mol. The summed E-state index contributed by atoms with van der Waals surface area (Å²) in [7, 11) is 2.82. The van der Waals surface area contributed by atoms with Gasteiger partial charge in [-0.2, -0.15) is 0 Å². The zero-order valence-corrected chi connectivity index (χ0v) is 10.6.